The fourth-order valence-corrected chi connectivity index (χ4v) is 10.8. The van der Waals surface area contributed by atoms with Gasteiger partial charge in [-0.25, -0.2) is 9.13 Å². The van der Waals surface area contributed by atoms with Crippen molar-refractivity contribution >= 4 is 39.5 Å². The lowest BCUT2D eigenvalue weighted by Gasteiger charge is -2.21. The monoisotopic (exact) mass is 1490 g/mol. The molecule has 0 amide bonds. The maximum absolute atomic E-state index is 13.1. The number of rotatable bonds is 70. The average molecular weight is 1490 g/mol. The first kappa shape index (κ1) is 97.9. The number of unbranched alkanes of at least 4 members (excludes halogenated alkanes) is 12. The molecule has 5 atom stereocenters. The maximum Gasteiger partial charge on any atom is 0.472 e. The Morgan fingerprint density at radius 1 is 0.279 bits per heavy atom. The lowest BCUT2D eigenvalue weighted by Crippen LogP contribution is -2.30. The van der Waals surface area contributed by atoms with E-state index >= 15 is 0 Å². The number of allylic oxidation sites excluding steroid dienone is 32. The lowest BCUT2D eigenvalue weighted by molar-refractivity contribution is -0.161. The van der Waals surface area contributed by atoms with E-state index in [0.29, 0.717) is 38.5 Å². The van der Waals surface area contributed by atoms with Crippen LogP contribution < -0.4 is 0 Å². The largest absolute Gasteiger partial charge is 0.472 e. The van der Waals surface area contributed by atoms with Crippen molar-refractivity contribution in [3.8, 4) is 0 Å². The van der Waals surface area contributed by atoms with Gasteiger partial charge in [0, 0.05) is 25.7 Å². The average Bonchev–Trinajstić information content (AvgIpc) is 0.911. The van der Waals surface area contributed by atoms with Crippen molar-refractivity contribution in [1.29, 1.82) is 0 Å². The molecule has 0 saturated heterocycles. The summed E-state index contributed by atoms with van der Waals surface area (Å²) >= 11 is 0. The van der Waals surface area contributed by atoms with E-state index in [4.69, 9.17) is 37.0 Å². The second-order valence-corrected chi connectivity index (χ2v) is 27.7. The van der Waals surface area contributed by atoms with Crippen molar-refractivity contribution in [3.63, 3.8) is 0 Å². The van der Waals surface area contributed by atoms with Gasteiger partial charge in [0.25, 0.3) is 0 Å². The van der Waals surface area contributed by atoms with Gasteiger partial charge in [-0.05, 0) is 173 Å². The molecule has 0 aliphatic heterocycles. The molecule has 0 rings (SSSR count). The minimum atomic E-state index is -5.01. The Hall–Kier alpha value is -6.10. The van der Waals surface area contributed by atoms with Crippen LogP contribution in [0.25, 0.3) is 0 Å². The van der Waals surface area contributed by atoms with Gasteiger partial charge in [-0.15, -0.1) is 0 Å². The predicted molar refractivity (Wildman–Crippen MR) is 426 cm³/mol. The van der Waals surface area contributed by atoms with E-state index in [0.717, 1.165) is 167 Å². The summed E-state index contributed by atoms with van der Waals surface area (Å²) in [6.45, 7) is 4.25. The fourth-order valence-electron chi connectivity index (χ4n) is 9.25. The van der Waals surface area contributed by atoms with E-state index in [2.05, 4.69) is 210 Å². The summed E-state index contributed by atoms with van der Waals surface area (Å²) in [7, 11) is -10.0. The number of phosphoric acid groups is 2. The molecule has 0 bridgehead atoms. The normalized spacial score (nSPS) is 15.0. The van der Waals surface area contributed by atoms with Crippen LogP contribution in [0.1, 0.15) is 259 Å². The topological polar surface area (TPSA) is 237 Å². The third-order valence-electron chi connectivity index (χ3n) is 15.0. The quantitative estimate of drug-likeness (QED) is 0.0169. The molecule has 0 aromatic heterocycles. The molecule has 0 fully saturated rings. The minimum Gasteiger partial charge on any atom is -0.462 e. The number of ether oxygens (including phenoxy) is 4. The molecular formula is C85H134O17P2. The minimum absolute atomic E-state index is 0.0252. The number of aliphatic hydroxyl groups is 1. The molecule has 0 spiro atoms. The van der Waals surface area contributed by atoms with Crippen molar-refractivity contribution in [3.05, 3.63) is 194 Å². The third-order valence-corrected chi connectivity index (χ3v) is 16.9. The molecule has 0 aliphatic carbocycles. The standard InChI is InChI=1S/C85H134O17P2/c1-5-9-13-17-21-25-29-33-36-38-39-41-44-47-50-54-58-62-66-70-83(88)96-76-81(102-85(90)72-68-64-60-56-52-48-42-35-31-27-23-19-15-11-7-3)78-100-104(93,94)98-74-79(86)73-97-103(91,92)99-77-80(101-84(89)71-67-63-59-55-51-45-32-28-24-20-16-12-8-4)75-95-82(87)69-65-61-57-53-49-46-43-40-37-34-30-26-22-18-14-10-6-2/h9-11,13-16,20-23,25-28,32-37,39,41-43,46-47,50,52-53,56-57,79-81,86H,5-8,12,17-19,24,29-31,38,40,44-45,48-49,51,54-55,58-78H2,1-4H3,(H,91,92)(H,93,94)/b13-9-,14-10-,15-11-,20-16-,25-21-,26-22-,27-23-,32-28-,36-33-,37-34-,41-39-,42-35-,46-43-,50-47-,56-52-,57-53-. The summed E-state index contributed by atoms with van der Waals surface area (Å²) in [5.74, 6) is -2.37. The van der Waals surface area contributed by atoms with Gasteiger partial charge < -0.3 is 33.8 Å². The van der Waals surface area contributed by atoms with Crippen LogP contribution in [-0.2, 0) is 65.4 Å². The number of carbonyl (C=O) groups is 4. The molecule has 104 heavy (non-hydrogen) atoms. The zero-order chi connectivity index (χ0) is 76.0. The molecule has 0 heterocycles. The Morgan fingerprint density at radius 3 is 0.837 bits per heavy atom. The van der Waals surface area contributed by atoms with E-state index < -0.39 is 97.5 Å². The molecule has 0 aromatic rings. The van der Waals surface area contributed by atoms with Gasteiger partial charge in [-0.2, -0.15) is 0 Å². The number of aliphatic hydroxyl groups excluding tert-OH is 1. The van der Waals surface area contributed by atoms with Crippen molar-refractivity contribution in [1.82, 2.24) is 0 Å². The van der Waals surface area contributed by atoms with Crippen LogP contribution in [-0.4, -0.2) is 96.7 Å². The first-order valence-corrected chi connectivity index (χ1v) is 41.7. The Labute approximate surface area is 627 Å². The Balaban J connectivity index is 5.50. The molecule has 0 aliphatic rings. The summed E-state index contributed by atoms with van der Waals surface area (Å²) in [5.41, 5.74) is 0. The van der Waals surface area contributed by atoms with E-state index in [1.54, 1.807) is 0 Å². The smallest absolute Gasteiger partial charge is 0.462 e. The number of phosphoric ester groups is 2. The summed E-state index contributed by atoms with van der Waals surface area (Å²) in [4.78, 5) is 72.9. The van der Waals surface area contributed by atoms with Gasteiger partial charge in [-0.1, -0.05) is 254 Å². The molecule has 19 heteroatoms. The Morgan fingerprint density at radius 2 is 0.510 bits per heavy atom. The number of hydrogen-bond acceptors (Lipinski definition) is 15. The lowest BCUT2D eigenvalue weighted by atomic mass is 10.1. The second-order valence-electron chi connectivity index (χ2n) is 24.8. The van der Waals surface area contributed by atoms with Crippen LogP contribution in [0.4, 0.5) is 0 Å². The van der Waals surface area contributed by atoms with Crippen LogP contribution in [0.5, 0.6) is 0 Å². The van der Waals surface area contributed by atoms with Crippen molar-refractivity contribution in [2.75, 3.05) is 39.6 Å². The van der Waals surface area contributed by atoms with E-state index in [1.165, 1.54) is 0 Å². The van der Waals surface area contributed by atoms with Crippen LogP contribution in [0.3, 0.4) is 0 Å². The van der Waals surface area contributed by atoms with Gasteiger partial charge in [0.05, 0.1) is 26.4 Å². The van der Waals surface area contributed by atoms with Gasteiger partial charge in [0.15, 0.2) is 12.2 Å². The molecule has 0 radical (unpaired) electrons. The van der Waals surface area contributed by atoms with Crippen molar-refractivity contribution < 1.29 is 80.2 Å². The van der Waals surface area contributed by atoms with E-state index in [-0.39, 0.29) is 25.7 Å². The van der Waals surface area contributed by atoms with Crippen LogP contribution in [0.15, 0.2) is 194 Å². The maximum atomic E-state index is 13.1. The molecule has 17 nitrogen and oxygen atoms in total. The first-order valence-electron chi connectivity index (χ1n) is 38.7. The Bertz CT molecular complexity index is 2740. The van der Waals surface area contributed by atoms with Crippen LogP contribution in [0.2, 0.25) is 0 Å². The molecule has 0 saturated carbocycles. The van der Waals surface area contributed by atoms with Crippen molar-refractivity contribution in [2.24, 2.45) is 0 Å². The van der Waals surface area contributed by atoms with Gasteiger partial charge in [-0.3, -0.25) is 37.3 Å². The predicted octanol–water partition coefficient (Wildman–Crippen LogP) is 22.5. The zero-order valence-corrected chi connectivity index (χ0v) is 65.6. The highest BCUT2D eigenvalue weighted by Gasteiger charge is 2.30. The summed E-state index contributed by atoms with van der Waals surface area (Å²) in [6, 6.07) is 0. The molecule has 586 valence electrons. The summed E-state index contributed by atoms with van der Waals surface area (Å²) < 4.78 is 68.4. The number of carbonyl (C=O) groups excluding carboxylic acids is 4. The molecule has 3 N–H and O–H groups in total. The molecular weight excluding hydrogens is 1350 g/mol. The summed E-state index contributed by atoms with van der Waals surface area (Å²) in [5, 5.41) is 10.6. The van der Waals surface area contributed by atoms with Crippen LogP contribution >= 0.6 is 15.6 Å². The first-order chi connectivity index (χ1) is 50.7. The van der Waals surface area contributed by atoms with Gasteiger partial charge in [0.2, 0.25) is 0 Å². The van der Waals surface area contributed by atoms with E-state index in [1.807, 2.05) is 12.2 Å². The zero-order valence-electron chi connectivity index (χ0n) is 63.9. The number of hydrogen-bond donors (Lipinski definition) is 3. The Kier molecular flexibility index (Phi) is 70.7. The highest BCUT2D eigenvalue weighted by atomic mass is 31.2. The highest BCUT2D eigenvalue weighted by molar-refractivity contribution is 7.47. The van der Waals surface area contributed by atoms with Gasteiger partial charge >= 0.3 is 39.5 Å². The second kappa shape index (κ2) is 75.1. The SMILES string of the molecule is CC/C=C\C/C=C\C/C=C\C/C=C\C/C=C\CCCCCC(=O)OCC(COP(=O)(O)OCC(O)COP(=O)(O)OCC(COC(=O)CCC/C=C\C/C=C\C/C=C\C/C=C\C/C=C\CC)OC(=O)CCCCCCC/C=C\C/C=C\CCC)OC(=O)CCCC/C=C\C/C=C\C/C=C\C/C=C\CC. The number of esters is 4. The highest BCUT2D eigenvalue weighted by Crippen LogP contribution is 2.45. The van der Waals surface area contributed by atoms with E-state index in [9.17, 15) is 43.2 Å². The molecule has 0 aromatic carbocycles. The van der Waals surface area contributed by atoms with Gasteiger partial charge in [0.1, 0.15) is 19.3 Å². The van der Waals surface area contributed by atoms with Crippen LogP contribution in [0, 0.1) is 0 Å². The third kappa shape index (κ3) is 74.2. The fraction of sp³-hybridized carbons (Fsp3) is 0.576. The molecule has 5 unspecified atom stereocenters. The summed E-state index contributed by atoms with van der Waals surface area (Å²) in [6.07, 6.45) is 91.5. The van der Waals surface area contributed by atoms with Crippen molar-refractivity contribution in [2.45, 2.75) is 277 Å².